The molecule has 2 aromatic rings. The van der Waals surface area contributed by atoms with Gasteiger partial charge in [0.15, 0.2) is 0 Å². The Hall–Kier alpha value is -1.98. The standard InChI is InChI=1S/C20H21ClN2O2S/c1-2-3-10-22-20(25)14-8-9-18-17(11-14)23(19(24)13-26-18)12-15-6-4-5-7-16(15)21/h4-9,11H,2-3,10,12-13H2,1H3,(H,22,25). The summed E-state index contributed by atoms with van der Waals surface area (Å²) in [6.45, 7) is 3.14. The van der Waals surface area contributed by atoms with Gasteiger partial charge in [0.1, 0.15) is 0 Å². The van der Waals surface area contributed by atoms with Crippen LogP contribution in [0.2, 0.25) is 5.02 Å². The smallest absolute Gasteiger partial charge is 0.251 e. The van der Waals surface area contributed by atoms with Crippen molar-refractivity contribution in [3.05, 3.63) is 58.6 Å². The third-order valence-corrected chi connectivity index (χ3v) is 5.68. The molecule has 26 heavy (non-hydrogen) atoms. The Balaban J connectivity index is 1.87. The van der Waals surface area contributed by atoms with E-state index in [4.69, 9.17) is 11.6 Å². The van der Waals surface area contributed by atoms with Crippen molar-refractivity contribution in [2.75, 3.05) is 17.2 Å². The lowest BCUT2D eigenvalue weighted by Gasteiger charge is -2.29. The van der Waals surface area contributed by atoms with Crippen LogP contribution in [0.25, 0.3) is 0 Å². The van der Waals surface area contributed by atoms with Gasteiger partial charge >= 0.3 is 0 Å². The van der Waals surface area contributed by atoms with Crippen LogP contribution in [-0.2, 0) is 11.3 Å². The van der Waals surface area contributed by atoms with Crippen LogP contribution in [-0.4, -0.2) is 24.1 Å². The minimum absolute atomic E-state index is 0.0194. The van der Waals surface area contributed by atoms with E-state index in [1.807, 2.05) is 36.4 Å². The van der Waals surface area contributed by atoms with Gasteiger partial charge in [0, 0.05) is 22.0 Å². The zero-order chi connectivity index (χ0) is 18.5. The van der Waals surface area contributed by atoms with E-state index in [9.17, 15) is 9.59 Å². The summed E-state index contributed by atoms with van der Waals surface area (Å²) in [6.07, 6.45) is 1.98. The zero-order valence-electron chi connectivity index (χ0n) is 14.6. The van der Waals surface area contributed by atoms with Crippen molar-refractivity contribution in [2.24, 2.45) is 0 Å². The molecule has 136 valence electrons. The molecule has 1 aliphatic heterocycles. The third kappa shape index (κ3) is 4.22. The van der Waals surface area contributed by atoms with Gasteiger partial charge in [0.2, 0.25) is 5.91 Å². The summed E-state index contributed by atoms with van der Waals surface area (Å²) in [5.41, 5.74) is 2.23. The first-order valence-corrected chi connectivity index (χ1v) is 10.1. The topological polar surface area (TPSA) is 49.4 Å². The molecular formula is C20H21ClN2O2S. The fourth-order valence-electron chi connectivity index (χ4n) is 2.79. The number of carbonyl (C=O) groups is 2. The maximum Gasteiger partial charge on any atom is 0.251 e. The molecule has 1 heterocycles. The summed E-state index contributed by atoms with van der Waals surface area (Å²) < 4.78 is 0. The van der Waals surface area contributed by atoms with Gasteiger partial charge in [0.05, 0.1) is 18.0 Å². The Kier molecular flexibility index (Phi) is 6.22. The van der Waals surface area contributed by atoms with Crippen LogP contribution in [0, 0.1) is 0 Å². The summed E-state index contributed by atoms with van der Waals surface area (Å²) >= 11 is 7.76. The number of benzene rings is 2. The Morgan fingerprint density at radius 1 is 1.27 bits per heavy atom. The molecule has 0 bridgehead atoms. The Bertz CT molecular complexity index is 825. The maximum absolute atomic E-state index is 12.5. The fourth-order valence-corrected chi connectivity index (χ4v) is 3.91. The van der Waals surface area contributed by atoms with Crippen LogP contribution in [0.5, 0.6) is 0 Å². The van der Waals surface area contributed by atoms with Crippen LogP contribution in [0.1, 0.15) is 35.7 Å². The number of fused-ring (bicyclic) bond motifs is 1. The number of hydrogen-bond donors (Lipinski definition) is 1. The number of nitrogens with zero attached hydrogens (tertiary/aromatic N) is 1. The molecule has 1 N–H and O–H groups in total. The average Bonchev–Trinajstić information content (AvgIpc) is 2.65. The van der Waals surface area contributed by atoms with E-state index < -0.39 is 0 Å². The highest BCUT2D eigenvalue weighted by Gasteiger charge is 2.26. The third-order valence-electron chi connectivity index (χ3n) is 4.27. The second kappa shape index (κ2) is 8.60. The van der Waals surface area contributed by atoms with Gasteiger partial charge < -0.3 is 10.2 Å². The van der Waals surface area contributed by atoms with Crippen molar-refractivity contribution < 1.29 is 9.59 Å². The van der Waals surface area contributed by atoms with Crippen molar-refractivity contribution >= 4 is 40.9 Å². The van der Waals surface area contributed by atoms with Gasteiger partial charge in [-0.25, -0.2) is 0 Å². The number of anilines is 1. The van der Waals surface area contributed by atoms with Crippen LogP contribution in [0.3, 0.4) is 0 Å². The molecule has 3 rings (SSSR count). The van der Waals surface area contributed by atoms with E-state index in [0.29, 0.717) is 29.4 Å². The molecule has 4 nitrogen and oxygen atoms in total. The molecule has 2 aromatic carbocycles. The number of hydrogen-bond acceptors (Lipinski definition) is 3. The Morgan fingerprint density at radius 3 is 2.85 bits per heavy atom. The molecule has 0 aliphatic carbocycles. The molecule has 0 spiro atoms. The predicted molar refractivity (Wildman–Crippen MR) is 107 cm³/mol. The van der Waals surface area contributed by atoms with Gasteiger partial charge in [0.25, 0.3) is 5.91 Å². The van der Waals surface area contributed by atoms with E-state index in [-0.39, 0.29) is 11.8 Å². The monoisotopic (exact) mass is 388 g/mol. The van der Waals surface area contributed by atoms with E-state index in [2.05, 4.69) is 12.2 Å². The first-order chi connectivity index (χ1) is 12.6. The SMILES string of the molecule is CCCCNC(=O)c1ccc2c(c1)N(Cc1ccccc1Cl)C(=O)CS2. The van der Waals surface area contributed by atoms with E-state index in [1.165, 1.54) is 11.8 Å². The molecule has 0 saturated carbocycles. The lowest BCUT2D eigenvalue weighted by Crippen LogP contribution is -2.35. The summed E-state index contributed by atoms with van der Waals surface area (Å²) in [6, 6.07) is 13.0. The predicted octanol–water partition coefficient (Wildman–Crippen LogP) is 4.51. The molecule has 0 radical (unpaired) electrons. The van der Waals surface area contributed by atoms with Gasteiger partial charge in [-0.05, 0) is 36.2 Å². The van der Waals surface area contributed by atoms with Gasteiger partial charge in [-0.3, -0.25) is 9.59 Å². The summed E-state index contributed by atoms with van der Waals surface area (Å²) in [4.78, 5) is 27.6. The molecule has 0 unspecified atom stereocenters. The Labute approximate surface area is 162 Å². The number of unbranched alkanes of at least 4 members (excludes halogenated alkanes) is 1. The van der Waals surface area contributed by atoms with Gasteiger partial charge in [-0.2, -0.15) is 0 Å². The lowest BCUT2D eigenvalue weighted by atomic mass is 10.1. The second-order valence-corrected chi connectivity index (χ2v) is 7.58. The van der Waals surface area contributed by atoms with Crippen molar-refractivity contribution in [1.29, 1.82) is 0 Å². The molecule has 0 aromatic heterocycles. The minimum atomic E-state index is -0.109. The highest BCUT2D eigenvalue weighted by molar-refractivity contribution is 8.00. The van der Waals surface area contributed by atoms with Crippen molar-refractivity contribution in [1.82, 2.24) is 5.32 Å². The largest absolute Gasteiger partial charge is 0.352 e. The average molecular weight is 389 g/mol. The highest BCUT2D eigenvalue weighted by atomic mass is 35.5. The molecule has 1 aliphatic rings. The summed E-state index contributed by atoms with van der Waals surface area (Å²) in [5, 5.41) is 3.55. The quantitative estimate of drug-likeness (QED) is 0.741. The second-order valence-electron chi connectivity index (χ2n) is 6.15. The molecule has 0 fully saturated rings. The zero-order valence-corrected chi connectivity index (χ0v) is 16.2. The van der Waals surface area contributed by atoms with Crippen LogP contribution in [0.4, 0.5) is 5.69 Å². The van der Waals surface area contributed by atoms with Crippen molar-refractivity contribution in [3.63, 3.8) is 0 Å². The summed E-state index contributed by atoms with van der Waals surface area (Å²) in [7, 11) is 0. The molecule has 0 saturated heterocycles. The highest BCUT2D eigenvalue weighted by Crippen LogP contribution is 2.37. The van der Waals surface area contributed by atoms with Crippen molar-refractivity contribution in [2.45, 2.75) is 31.2 Å². The molecule has 0 atom stereocenters. The van der Waals surface area contributed by atoms with E-state index in [1.54, 1.807) is 11.0 Å². The minimum Gasteiger partial charge on any atom is -0.352 e. The van der Waals surface area contributed by atoms with Crippen LogP contribution < -0.4 is 10.2 Å². The number of amides is 2. The molecular weight excluding hydrogens is 368 g/mol. The van der Waals surface area contributed by atoms with Crippen molar-refractivity contribution in [3.8, 4) is 0 Å². The number of rotatable bonds is 6. The molecule has 2 amide bonds. The number of nitrogens with one attached hydrogen (secondary N) is 1. The Morgan fingerprint density at radius 2 is 2.08 bits per heavy atom. The number of carbonyl (C=O) groups excluding carboxylic acids is 2. The molecule has 6 heteroatoms. The van der Waals surface area contributed by atoms with Gasteiger partial charge in [-0.15, -0.1) is 11.8 Å². The van der Waals surface area contributed by atoms with Crippen LogP contribution >= 0.6 is 23.4 Å². The maximum atomic E-state index is 12.5. The number of thioether (sulfide) groups is 1. The first kappa shape index (κ1) is 18.8. The van der Waals surface area contributed by atoms with E-state index >= 15 is 0 Å². The van der Waals surface area contributed by atoms with Gasteiger partial charge in [-0.1, -0.05) is 43.1 Å². The lowest BCUT2D eigenvalue weighted by molar-refractivity contribution is -0.116. The normalized spacial score (nSPS) is 13.5. The first-order valence-electron chi connectivity index (χ1n) is 8.69. The number of halogens is 1. The van der Waals surface area contributed by atoms with Crippen LogP contribution in [0.15, 0.2) is 47.4 Å². The van der Waals surface area contributed by atoms with E-state index in [0.717, 1.165) is 29.0 Å². The fraction of sp³-hybridized carbons (Fsp3) is 0.300. The summed E-state index contributed by atoms with van der Waals surface area (Å²) in [5.74, 6) is 0.299.